The minimum absolute atomic E-state index is 0.131. The van der Waals surface area contributed by atoms with Crippen LogP contribution in [0.4, 0.5) is 10.8 Å². The highest BCUT2D eigenvalue weighted by atomic mass is 35.5. The first-order valence-corrected chi connectivity index (χ1v) is 7.83. The minimum atomic E-state index is -0.355. The quantitative estimate of drug-likeness (QED) is 0.881. The van der Waals surface area contributed by atoms with E-state index in [1.54, 1.807) is 0 Å². The molecule has 1 amide bonds. The Morgan fingerprint density at radius 1 is 1.38 bits per heavy atom. The lowest BCUT2D eigenvalue weighted by molar-refractivity contribution is -0.117. The summed E-state index contributed by atoms with van der Waals surface area (Å²) in [5.74, 6) is -0.131. The predicted molar refractivity (Wildman–Crippen MR) is 87.2 cm³/mol. The van der Waals surface area contributed by atoms with E-state index in [4.69, 9.17) is 11.6 Å². The van der Waals surface area contributed by atoms with Crippen molar-refractivity contribution >= 4 is 39.7 Å². The Labute approximate surface area is 132 Å². The number of aromatic nitrogens is 2. The van der Waals surface area contributed by atoms with Crippen LogP contribution in [0.2, 0.25) is 5.02 Å². The maximum Gasteiger partial charge on any atom is 0.248 e. The van der Waals surface area contributed by atoms with Gasteiger partial charge >= 0.3 is 0 Å². The van der Waals surface area contributed by atoms with Crippen LogP contribution >= 0.6 is 22.9 Å². The van der Waals surface area contributed by atoms with Gasteiger partial charge in [-0.25, -0.2) is 0 Å². The molecule has 0 saturated carbocycles. The van der Waals surface area contributed by atoms with Crippen LogP contribution in [-0.4, -0.2) is 22.1 Å². The van der Waals surface area contributed by atoms with E-state index < -0.39 is 0 Å². The summed E-state index contributed by atoms with van der Waals surface area (Å²) in [5.41, 5.74) is 1.79. The van der Waals surface area contributed by atoms with Crippen LogP contribution in [0.1, 0.15) is 23.9 Å². The molecule has 0 unspecified atom stereocenters. The molecule has 2 N–H and O–H groups in total. The fourth-order valence-corrected chi connectivity index (χ4v) is 2.61. The van der Waals surface area contributed by atoms with Gasteiger partial charge in [0.1, 0.15) is 11.0 Å². The standard InChI is InChI=1S/C14H17ClN4OS/c1-4-11(13(20)17-14-19-18-9(3)21-14)16-12-7-5-6-10(15)8(12)2/h5-7,11,16H,4H2,1-3H3,(H,17,19,20)/t11-/m0/s1. The highest BCUT2D eigenvalue weighted by Gasteiger charge is 2.18. The van der Waals surface area contributed by atoms with Gasteiger partial charge in [-0.2, -0.15) is 0 Å². The van der Waals surface area contributed by atoms with Crippen LogP contribution < -0.4 is 10.6 Å². The van der Waals surface area contributed by atoms with Gasteiger partial charge in [-0.1, -0.05) is 35.9 Å². The summed E-state index contributed by atoms with van der Waals surface area (Å²) in [6.07, 6.45) is 0.648. The Kier molecular flexibility index (Phi) is 5.14. The number of aryl methyl sites for hydroxylation is 1. The predicted octanol–water partition coefficient (Wildman–Crippen LogP) is 3.64. The van der Waals surface area contributed by atoms with E-state index in [0.717, 1.165) is 16.3 Å². The molecule has 0 fully saturated rings. The first-order chi connectivity index (χ1) is 10.0. The van der Waals surface area contributed by atoms with Crippen LogP contribution in [0.5, 0.6) is 0 Å². The van der Waals surface area contributed by atoms with Crippen LogP contribution in [-0.2, 0) is 4.79 Å². The summed E-state index contributed by atoms with van der Waals surface area (Å²) in [4.78, 5) is 12.3. The molecule has 5 nitrogen and oxygen atoms in total. The van der Waals surface area contributed by atoms with Gasteiger partial charge < -0.3 is 5.32 Å². The van der Waals surface area contributed by atoms with Crippen molar-refractivity contribution in [2.24, 2.45) is 0 Å². The van der Waals surface area contributed by atoms with Crippen molar-refractivity contribution in [3.05, 3.63) is 33.8 Å². The Hall–Kier alpha value is -1.66. The Balaban J connectivity index is 2.08. The van der Waals surface area contributed by atoms with Crippen molar-refractivity contribution in [1.29, 1.82) is 0 Å². The van der Waals surface area contributed by atoms with Gasteiger partial charge in [0.05, 0.1) is 0 Å². The fourth-order valence-electron chi connectivity index (χ4n) is 1.84. The van der Waals surface area contributed by atoms with Crippen LogP contribution in [0, 0.1) is 13.8 Å². The third kappa shape index (κ3) is 3.92. The average Bonchev–Trinajstić information content (AvgIpc) is 2.85. The molecule has 2 aromatic rings. The second-order valence-electron chi connectivity index (χ2n) is 4.63. The van der Waals surface area contributed by atoms with Gasteiger partial charge in [0, 0.05) is 10.7 Å². The number of anilines is 2. The van der Waals surface area contributed by atoms with Gasteiger partial charge in [-0.3, -0.25) is 10.1 Å². The topological polar surface area (TPSA) is 66.9 Å². The van der Waals surface area contributed by atoms with Crippen molar-refractivity contribution in [3.8, 4) is 0 Å². The summed E-state index contributed by atoms with van der Waals surface area (Å²) in [7, 11) is 0. The molecule has 1 aromatic heterocycles. The van der Waals surface area contributed by atoms with Gasteiger partial charge in [-0.15, -0.1) is 10.2 Å². The SMILES string of the molecule is CC[C@H](Nc1cccc(Cl)c1C)C(=O)Nc1nnc(C)s1. The molecular weight excluding hydrogens is 308 g/mol. The van der Waals surface area contributed by atoms with E-state index in [-0.39, 0.29) is 11.9 Å². The zero-order valence-electron chi connectivity index (χ0n) is 12.1. The number of nitrogens with one attached hydrogen (secondary N) is 2. The molecule has 21 heavy (non-hydrogen) atoms. The van der Waals surface area contributed by atoms with E-state index in [1.807, 2.05) is 39.0 Å². The summed E-state index contributed by atoms with van der Waals surface area (Å²) >= 11 is 7.45. The lowest BCUT2D eigenvalue weighted by Crippen LogP contribution is -2.34. The molecule has 7 heteroatoms. The number of halogens is 1. The summed E-state index contributed by atoms with van der Waals surface area (Å²) in [6, 6.07) is 5.24. The summed E-state index contributed by atoms with van der Waals surface area (Å²) in [6.45, 7) is 5.71. The number of carbonyl (C=O) groups is 1. The maximum atomic E-state index is 12.3. The average molecular weight is 325 g/mol. The largest absolute Gasteiger partial charge is 0.373 e. The molecule has 0 saturated heterocycles. The zero-order chi connectivity index (χ0) is 15.4. The normalized spacial score (nSPS) is 12.0. The molecule has 112 valence electrons. The molecule has 1 atom stereocenters. The van der Waals surface area contributed by atoms with E-state index in [2.05, 4.69) is 20.8 Å². The number of benzene rings is 1. The van der Waals surface area contributed by atoms with Crippen LogP contribution in [0.15, 0.2) is 18.2 Å². The Morgan fingerprint density at radius 3 is 2.76 bits per heavy atom. The zero-order valence-corrected chi connectivity index (χ0v) is 13.7. The Morgan fingerprint density at radius 2 is 2.14 bits per heavy atom. The number of rotatable bonds is 5. The van der Waals surface area contributed by atoms with Crippen LogP contribution in [0.3, 0.4) is 0 Å². The summed E-state index contributed by atoms with van der Waals surface area (Å²) < 4.78 is 0. The number of hydrogen-bond donors (Lipinski definition) is 2. The molecule has 0 aliphatic carbocycles. The second kappa shape index (κ2) is 6.87. The smallest absolute Gasteiger partial charge is 0.248 e. The number of hydrogen-bond acceptors (Lipinski definition) is 5. The van der Waals surface area contributed by atoms with E-state index in [9.17, 15) is 4.79 Å². The fraction of sp³-hybridized carbons (Fsp3) is 0.357. The maximum absolute atomic E-state index is 12.3. The third-order valence-electron chi connectivity index (χ3n) is 3.08. The molecule has 2 rings (SSSR count). The van der Waals surface area contributed by atoms with Crippen molar-refractivity contribution in [2.45, 2.75) is 33.2 Å². The third-order valence-corrected chi connectivity index (χ3v) is 4.24. The second-order valence-corrected chi connectivity index (χ2v) is 6.22. The monoisotopic (exact) mass is 324 g/mol. The van der Waals surface area contributed by atoms with E-state index in [0.29, 0.717) is 16.6 Å². The van der Waals surface area contributed by atoms with Crippen molar-refractivity contribution in [3.63, 3.8) is 0 Å². The molecule has 0 aliphatic heterocycles. The van der Waals surface area contributed by atoms with Crippen LogP contribution in [0.25, 0.3) is 0 Å². The molecule has 1 heterocycles. The molecule has 1 aromatic carbocycles. The lowest BCUT2D eigenvalue weighted by atomic mass is 10.1. The van der Waals surface area contributed by atoms with Gasteiger partial charge in [0.25, 0.3) is 0 Å². The molecular formula is C14H17ClN4OS. The lowest BCUT2D eigenvalue weighted by Gasteiger charge is -2.19. The van der Waals surface area contributed by atoms with Crippen molar-refractivity contribution < 1.29 is 4.79 Å². The van der Waals surface area contributed by atoms with Gasteiger partial charge in [0.2, 0.25) is 11.0 Å². The number of amides is 1. The minimum Gasteiger partial charge on any atom is -0.373 e. The first kappa shape index (κ1) is 15.7. The molecule has 0 bridgehead atoms. The number of nitrogens with zero attached hydrogens (tertiary/aromatic N) is 2. The van der Waals surface area contributed by atoms with Gasteiger partial charge in [-0.05, 0) is 38.0 Å². The van der Waals surface area contributed by atoms with Gasteiger partial charge in [0.15, 0.2) is 0 Å². The first-order valence-electron chi connectivity index (χ1n) is 6.64. The number of carbonyl (C=O) groups excluding carboxylic acids is 1. The van der Waals surface area contributed by atoms with E-state index >= 15 is 0 Å². The van der Waals surface area contributed by atoms with Crippen molar-refractivity contribution in [2.75, 3.05) is 10.6 Å². The molecule has 0 spiro atoms. The highest BCUT2D eigenvalue weighted by molar-refractivity contribution is 7.15. The van der Waals surface area contributed by atoms with Crippen molar-refractivity contribution in [1.82, 2.24) is 10.2 Å². The Bertz CT molecular complexity index is 644. The molecule has 0 aliphatic rings. The van der Waals surface area contributed by atoms with E-state index in [1.165, 1.54) is 11.3 Å². The summed E-state index contributed by atoms with van der Waals surface area (Å²) in [5, 5.41) is 15.8. The molecule has 0 radical (unpaired) electrons. The highest BCUT2D eigenvalue weighted by Crippen LogP contribution is 2.24.